The predicted molar refractivity (Wildman–Crippen MR) is 67.5 cm³/mol. The smallest absolute Gasteiger partial charge is 0.0227 e. The number of hydrogen-bond acceptors (Lipinski definition) is 2. The molecule has 2 aliphatic carbocycles. The first kappa shape index (κ1) is 11.0. The lowest BCUT2D eigenvalue weighted by molar-refractivity contribution is 0.106. The van der Waals surface area contributed by atoms with Crippen LogP contribution in [0.4, 0.5) is 0 Å². The Hall–Kier alpha value is -0.0800. The summed E-state index contributed by atoms with van der Waals surface area (Å²) in [5.74, 6) is 1.85. The standard InChI is InChI=1S/C14H26N2/c1-9-3-5-11-13(7-9)15-12-6-4-10(2)8-14(12)16-11/h9-16H,3-8H2,1-2H3. The van der Waals surface area contributed by atoms with Gasteiger partial charge in [0.15, 0.2) is 0 Å². The number of piperazine rings is 1. The molecule has 2 nitrogen and oxygen atoms in total. The highest BCUT2D eigenvalue weighted by atomic mass is 15.2. The summed E-state index contributed by atoms with van der Waals surface area (Å²) < 4.78 is 0. The van der Waals surface area contributed by atoms with Crippen LogP contribution in [0.5, 0.6) is 0 Å². The summed E-state index contributed by atoms with van der Waals surface area (Å²) in [6.45, 7) is 4.82. The van der Waals surface area contributed by atoms with Gasteiger partial charge in [-0.05, 0) is 50.4 Å². The van der Waals surface area contributed by atoms with Crippen LogP contribution in [-0.2, 0) is 0 Å². The quantitative estimate of drug-likeness (QED) is 0.657. The van der Waals surface area contributed by atoms with Crippen LogP contribution in [0.2, 0.25) is 0 Å². The van der Waals surface area contributed by atoms with E-state index in [4.69, 9.17) is 0 Å². The van der Waals surface area contributed by atoms with Crippen LogP contribution in [0.15, 0.2) is 0 Å². The van der Waals surface area contributed by atoms with Crippen molar-refractivity contribution in [2.45, 2.75) is 76.5 Å². The Balaban J connectivity index is 1.66. The largest absolute Gasteiger partial charge is 0.308 e. The maximum atomic E-state index is 3.95. The first-order chi connectivity index (χ1) is 7.72. The van der Waals surface area contributed by atoms with E-state index in [1.807, 2.05) is 0 Å². The topological polar surface area (TPSA) is 24.1 Å². The van der Waals surface area contributed by atoms with Crippen molar-refractivity contribution >= 4 is 0 Å². The minimum Gasteiger partial charge on any atom is -0.308 e. The van der Waals surface area contributed by atoms with Crippen LogP contribution >= 0.6 is 0 Å². The summed E-state index contributed by atoms with van der Waals surface area (Å²) in [5.41, 5.74) is 0. The molecule has 2 heteroatoms. The predicted octanol–water partition coefficient (Wildman–Crippen LogP) is 2.29. The van der Waals surface area contributed by atoms with Gasteiger partial charge in [-0.2, -0.15) is 0 Å². The molecule has 3 fully saturated rings. The summed E-state index contributed by atoms with van der Waals surface area (Å²) in [6.07, 6.45) is 8.38. The third-order valence-corrected chi connectivity index (χ3v) is 5.08. The molecule has 3 aliphatic rings. The zero-order valence-corrected chi connectivity index (χ0v) is 10.7. The fraction of sp³-hybridized carbons (Fsp3) is 1.00. The van der Waals surface area contributed by atoms with Gasteiger partial charge in [0.1, 0.15) is 0 Å². The highest BCUT2D eigenvalue weighted by molar-refractivity contribution is 5.02. The second kappa shape index (κ2) is 4.30. The maximum absolute atomic E-state index is 3.95. The molecular formula is C14H26N2. The molecule has 0 radical (unpaired) electrons. The van der Waals surface area contributed by atoms with Crippen molar-refractivity contribution in [1.82, 2.24) is 10.6 Å². The lowest BCUT2D eigenvalue weighted by atomic mass is 9.76. The van der Waals surface area contributed by atoms with Gasteiger partial charge in [0.05, 0.1) is 0 Å². The lowest BCUT2D eigenvalue weighted by Gasteiger charge is -2.50. The van der Waals surface area contributed by atoms with Crippen molar-refractivity contribution in [3.8, 4) is 0 Å². The third-order valence-electron chi connectivity index (χ3n) is 5.08. The molecule has 0 bridgehead atoms. The van der Waals surface area contributed by atoms with Gasteiger partial charge in [0.25, 0.3) is 0 Å². The van der Waals surface area contributed by atoms with E-state index in [1.165, 1.54) is 38.5 Å². The van der Waals surface area contributed by atoms with Crippen LogP contribution in [0, 0.1) is 11.8 Å². The Kier molecular flexibility index (Phi) is 2.97. The van der Waals surface area contributed by atoms with Gasteiger partial charge in [-0.15, -0.1) is 0 Å². The minimum atomic E-state index is 0.762. The Morgan fingerprint density at radius 1 is 0.625 bits per heavy atom. The molecule has 92 valence electrons. The molecule has 0 aromatic carbocycles. The Labute approximate surface area is 99.6 Å². The van der Waals surface area contributed by atoms with E-state index in [2.05, 4.69) is 24.5 Å². The van der Waals surface area contributed by atoms with E-state index in [0.29, 0.717) is 0 Å². The molecule has 6 atom stereocenters. The monoisotopic (exact) mass is 222 g/mol. The van der Waals surface area contributed by atoms with Crippen LogP contribution in [-0.4, -0.2) is 24.2 Å². The molecule has 0 aromatic rings. The van der Waals surface area contributed by atoms with Crippen molar-refractivity contribution in [3.63, 3.8) is 0 Å². The summed E-state index contributed by atoms with van der Waals surface area (Å²) in [4.78, 5) is 0. The van der Waals surface area contributed by atoms with E-state index in [1.54, 1.807) is 0 Å². The maximum Gasteiger partial charge on any atom is 0.0227 e. The van der Waals surface area contributed by atoms with Gasteiger partial charge in [-0.25, -0.2) is 0 Å². The fourth-order valence-corrected chi connectivity index (χ4v) is 4.08. The SMILES string of the molecule is CC1CCC2NC3CC(C)CCC3NC2C1. The number of rotatable bonds is 0. The average molecular weight is 222 g/mol. The molecule has 0 spiro atoms. The van der Waals surface area contributed by atoms with Crippen molar-refractivity contribution in [1.29, 1.82) is 0 Å². The van der Waals surface area contributed by atoms with E-state index < -0.39 is 0 Å². The molecule has 2 saturated carbocycles. The second-order valence-electron chi connectivity index (χ2n) is 6.60. The van der Waals surface area contributed by atoms with Crippen molar-refractivity contribution in [2.24, 2.45) is 11.8 Å². The van der Waals surface area contributed by atoms with Gasteiger partial charge < -0.3 is 10.6 Å². The van der Waals surface area contributed by atoms with Crippen LogP contribution in [0.3, 0.4) is 0 Å². The average Bonchev–Trinajstić information content (AvgIpc) is 2.26. The molecule has 1 saturated heterocycles. The summed E-state index contributed by atoms with van der Waals surface area (Å²) in [5, 5.41) is 7.89. The van der Waals surface area contributed by atoms with Crippen molar-refractivity contribution in [2.75, 3.05) is 0 Å². The zero-order chi connectivity index (χ0) is 11.1. The molecule has 3 rings (SSSR count). The number of nitrogens with one attached hydrogen (secondary N) is 2. The van der Waals surface area contributed by atoms with Gasteiger partial charge in [-0.1, -0.05) is 13.8 Å². The van der Waals surface area contributed by atoms with Crippen LogP contribution in [0.25, 0.3) is 0 Å². The van der Waals surface area contributed by atoms with Gasteiger partial charge in [0, 0.05) is 24.2 Å². The molecule has 2 N–H and O–H groups in total. The summed E-state index contributed by atoms with van der Waals surface area (Å²) >= 11 is 0. The van der Waals surface area contributed by atoms with Gasteiger partial charge in [-0.3, -0.25) is 0 Å². The lowest BCUT2D eigenvalue weighted by Crippen LogP contribution is -2.68. The second-order valence-corrected chi connectivity index (χ2v) is 6.60. The molecular weight excluding hydrogens is 196 g/mol. The normalized spacial score (nSPS) is 52.9. The number of hydrogen-bond donors (Lipinski definition) is 2. The van der Waals surface area contributed by atoms with E-state index >= 15 is 0 Å². The van der Waals surface area contributed by atoms with Crippen LogP contribution in [0.1, 0.15) is 52.4 Å². The molecule has 1 aliphatic heterocycles. The zero-order valence-electron chi connectivity index (χ0n) is 10.7. The molecule has 16 heavy (non-hydrogen) atoms. The summed E-state index contributed by atoms with van der Waals surface area (Å²) in [6, 6.07) is 3.06. The molecule has 1 heterocycles. The number of fused-ring (bicyclic) bond motifs is 2. The molecule has 6 unspecified atom stereocenters. The first-order valence-corrected chi connectivity index (χ1v) is 7.24. The first-order valence-electron chi connectivity index (χ1n) is 7.24. The minimum absolute atomic E-state index is 0.762. The summed E-state index contributed by atoms with van der Waals surface area (Å²) in [7, 11) is 0. The molecule has 0 aromatic heterocycles. The highest BCUT2D eigenvalue weighted by Crippen LogP contribution is 2.32. The van der Waals surface area contributed by atoms with Gasteiger partial charge >= 0.3 is 0 Å². The van der Waals surface area contributed by atoms with E-state index in [0.717, 1.165) is 36.0 Å². The van der Waals surface area contributed by atoms with E-state index in [-0.39, 0.29) is 0 Å². The highest BCUT2D eigenvalue weighted by Gasteiger charge is 2.40. The Bertz CT molecular complexity index is 227. The Morgan fingerprint density at radius 2 is 1.06 bits per heavy atom. The third kappa shape index (κ3) is 2.02. The van der Waals surface area contributed by atoms with E-state index in [9.17, 15) is 0 Å². The van der Waals surface area contributed by atoms with Gasteiger partial charge in [0.2, 0.25) is 0 Å². The van der Waals surface area contributed by atoms with Crippen LogP contribution < -0.4 is 10.6 Å². The fourth-order valence-electron chi connectivity index (χ4n) is 4.08. The Morgan fingerprint density at radius 3 is 1.50 bits per heavy atom. The van der Waals surface area contributed by atoms with Crippen molar-refractivity contribution < 1.29 is 0 Å². The molecule has 0 amide bonds. The van der Waals surface area contributed by atoms with Crippen molar-refractivity contribution in [3.05, 3.63) is 0 Å².